The van der Waals surface area contributed by atoms with E-state index in [1.807, 2.05) is 38.1 Å². The van der Waals surface area contributed by atoms with E-state index in [9.17, 15) is 4.39 Å². The summed E-state index contributed by atoms with van der Waals surface area (Å²) in [5.41, 5.74) is 7.93. The first-order valence-corrected chi connectivity index (χ1v) is 6.60. The summed E-state index contributed by atoms with van der Waals surface area (Å²) in [7, 11) is 0. The molecule has 106 valence electrons. The molecule has 0 saturated carbocycles. The Kier molecular flexibility index (Phi) is 4.45. The number of rotatable bonds is 5. The van der Waals surface area contributed by atoms with Crippen molar-refractivity contribution in [1.82, 2.24) is 0 Å². The Labute approximate surface area is 118 Å². The molecule has 20 heavy (non-hydrogen) atoms. The van der Waals surface area contributed by atoms with E-state index in [-0.39, 0.29) is 11.9 Å². The number of hydrogen-bond donors (Lipinski definition) is 2. The SMILES string of the molecule is CC(C)Oc1cccc(NCc2ccccc2F)c1N. The molecule has 4 heteroatoms. The number of halogens is 1. The summed E-state index contributed by atoms with van der Waals surface area (Å²) in [6, 6.07) is 12.2. The summed E-state index contributed by atoms with van der Waals surface area (Å²) in [4.78, 5) is 0. The first kappa shape index (κ1) is 14.2. The zero-order chi connectivity index (χ0) is 14.5. The highest BCUT2D eigenvalue weighted by atomic mass is 19.1. The Hall–Kier alpha value is -2.23. The topological polar surface area (TPSA) is 47.3 Å². The lowest BCUT2D eigenvalue weighted by atomic mass is 10.2. The second kappa shape index (κ2) is 6.28. The van der Waals surface area contributed by atoms with E-state index in [1.165, 1.54) is 6.07 Å². The van der Waals surface area contributed by atoms with Gasteiger partial charge in [-0.3, -0.25) is 0 Å². The monoisotopic (exact) mass is 274 g/mol. The highest BCUT2D eigenvalue weighted by Gasteiger charge is 2.08. The molecule has 2 aromatic carbocycles. The number of nitrogens with two attached hydrogens (primary N) is 1. The molecule has 2 aromatic rings. The molecule has 0 aliphatic carbocycles. The number of nitrogen functional groups attached to an aromatic ring is 1. The molecular weight excluding hydrogens is 255 g/mol. The van der Waals surface area contributed by atoms with Crippen molar-refractivity contribution in [3.63, 3.8) is 0 Å². The molecule has 2 rings (SSSR count). The van der Waals surface area contributed by atoms with Crippen molar-refractivity contribution in [1.29, 1.82) is 0 Å². The summed E-state index contributed by atoms with van der Waals surface area (Å²) in [6.07, 6.45) is 0.0547. The van der Waals surface area contributed by atoms with E-state index >= 15 is 0 Å². The van der Waals surface area contributed by atoms with Gasteiger partial charge in [0.15, 0.2) is 0 Å². The number of hydrogen-bond acceptors (Lipinski definition) is 3. The average Bonchev–Trinajstić information content (AvgIpc) is 2.41. The first-order valence-electron chi connectivity index (χ1n) is 6.60. The predicted octanol–water partition coefficient (Wildman–Crippen LogP) is 3.81. The van der Waals surface area contributed by atoms with Crippen molar-refractivity contribution < 1.29 is 9.13 Å². The summed E-state index contributed by atoms with van der Waals surface area (Å²) >= 11 is 0. The molecule has 0 aliphatic heterocycles. The van der Waals surface area contributed by atoms with E-state index in [2.05, 4.69) is 5.32 Å². The third kappa shape index (κ3) is 3.41. The van der Waals surface area contributed by atoms with Gasteiger partial charge in [-0.2, -0.15) is 0 Å². The van der Waals surface area contributed by atoms with Crippen LogP contribution in [0.2, 0.25) is 0 Å². The van der Waals surface area contributed by atoms with Crippen molar-refractivity contribution in [2.75, 3.05) is 11.1 Å². The molecule has 0 aliphatic rings. The minimum Gasteiger partial charge on any atom is -0.489 e. The van der Waals surface area contributed by atoms with Crippen LogP contribution < -0.4 is 15.8 Å². The maximum atomic E-state index is 13.5. The number of ether oxygens (including phenoxy) is 1. The van der Waals surface area contributed by atoms with E-state index < -0.39 is 0 Å². The second-order valence-corrected chi connectivity index (χ2v) is 4.83. The van der Waals surface area contributed by atoms with Gasteiger partial charge in [-0.05, 0) is 32.0 Å². The normalized spacial score (nSPS) is 10.6. The fraction of sp³-hybridized carbons (Fsp3) is 0.250. The Morgan fingerprint density at radius 2 is 1.90 bits per heavy atom. The second-order valence-electron chi connectivity index (χ2n) is 4.83. The number of anilines is 2. The number of nitrogens with one attached hydrogen (secondary N) is 1. The summed E-state index contributed by atoms with van der Waals surface area (Å²) in [6.45, 7) is 4.26. The molecule has 0 radical (unpaired) electrons. The van der Waals surface area contributed by atoms with E-state index in [1.54, 1.807) is 12.1 Å². The minimum absolute atomic E-state index is 0.0547. The number of para-hydroxylation sites is 1. The summed E-state index contributed by atoms with van der Waals surface area (Å²) < 4.78 is 19.2. The fourth-order valence-electron chi connectivity index (χ4n) is 1.89. The zero-order valence-electron chi connectivity index (χ0n) is 11.7. The molecule has 0 heterocycles. The van der Waals surface area contributed by atoms with Crippen LogP contribution in [0.25, 0.3) is 0 Å². The van der Waals surface area contributed by atoms with Crippen molar-refractivity contribution in [2.45, 2.75) is 26.5 Å². The molecule has 0 saturated heterocycles. The molecular formula is C16H19FN2O. The molecule has 0 atom stereocenters. The fourth-order valence-corrected chi connectivity index (χ4v) is 1.89. The van der Waals surface area contributed by atoms with Crippen molar-refractivity contribution in [3.8, 4) is 5.75 Å². The largest absolute Gasteiger partial charge is 0.489 e. The average molecular weight is 274 g/mol. The maximum absolute atomic E-state index is 13.5. The van der Waals surface area contributed by atoms with Gasteiger partial charge in [-0.15, -0.1) is 0 Å². The van der Waals surface area contributed by atoms with Crippen LogP contribution in [0, 0.1) is 5.82 Å². The van der Waals surface area contributed by atoms with Crippen LogP contribution in [0.1, 0.15) is 19.4 Å². The Morgan fingerprint density at radius 1 is 1.15 bits per heavy atom. The van der Waals surface area contributed by atoms with E-state index in [0.29, 0.717) is 23.5 Å². The lowest BCUT2D eigenvalue weighted by Crippen LogP contribution is -2.09. The third-order valence-corrected chi connectivity index (χ3v) is 2.86. The van der Waals surface area contributed by atoms with Gasteiger partial charge in [0.2, 0.25) is 0 Å². The molecule has 0 spiro atoms. The highest BCUT2D eigenvalue weighted by molar-refractivity contribution is 5.73. The molecule has 0 unspecified atom stereocenters. The van der Waals surface area contributed by atoms with Crippen molar-refractivity contribution in [3.05, 3.63) is 53.8 Å². The van der Waals surface area contributed by atoms with Crippen LogP contribution in [0.15, 0.2) is 42.5 Å². The predicted molar refractivity (Wildman–Crippen MR) is 80.3 cm³/mol. The first-order chi connectivity index (χ1) is 9.58. The van der Waals surface area contributed by atoms with E-state index in [0.717, 1.165) is 5.69 Å². The Bertz CT molecular complexity index is 584. The van der Waals surface area contributed by atoms with Crippen LogP contribution in [0.4, 0.5) is 15.8 Å². The van der Waals surface area contributed by atoms with Crippen LogP contribution >= 0.6 is 0 Å². The van der Waals surface area contributed by atoms with Gasteiger partial charge < -0.3 is 15.8 Å². The Morgan fingerprint density at radius 3 is 2.60 bits per heavy atom. The minimum atomic E-state index is -0.229. The van der Waals surface area contributed by atoms with Crippen molar-refractivity contribution in [2.24, 2.45) is 0 Å². The maximum Gasteiger partial charge on any atom is 0.144 e. The van der Waals surface area contributed by atoms with Gasteiger partial charge in [-0.25, -0.2) is 4.39 Å². The van der Waals surface area contributed by atoms with Gasteiger partial charge in [-0.1, -0.05) is 24.3 Å². The number of benzene rings is 2. The van der Waals surface area contributed by atoms with E-state index in [4.69, 9.17) is 10.5 Å². The van der Waals surface area contributed by atoms with Gasteiger partial charge in [0.1, 0.15) is 11.6 Å². The van der Waals surface area contributed by atoms with Gasteiger partial charge >= 0.3 is 0 Å². The standard InChI is InChI=1S/C16H19FN2O/c1-11(2)20-15-9-5-8-14(16(15)18)19-10-12-6-3-4-7-13(12)17/h3-9,11,19H,10,18H2,1-2H3. The molecule has 0 bridgehead atoms. The molecule has 3 nitrogen and oxygen atoms in total. The quantitative estimate of drug-likeness (QED) is 0.815. The lowest BCUT2D eigenvalue weighted by Gasteiger charge is -2.16. The smallest absolute Gasteiger partial charge is 0.144 e. The van der Waals surface area contributed by atoms with Crippen LogP contribution in [-0.2, 0) is 6.54 Å². The zero-order valence-corrected chi connectivity index (χ0v) is 11.7. The van der Waals surface area contributed by atoms with Crippen LogP contribution in [0.3, 0.4) is 0 Å². The third-order valence-electron chi connectivity index (χ3n) is 2.86. The molecule has 0 aromatic heterocycles. The molecule has 0 fully saturated rings. The summed E-state index contributed by atoms with van der Waals surface area (Å²) in [5.74, 6) is 0.409. The van der Waals surface area contributed by atoms with Crippen LogP contribution in [-0.4, -0.2) is 6.10 Å². The van der Waals surface area contributed by atoms with Gasteiger partial charge in [0, 0.05) is 12.1 Å². The van der Waals surface area contributed by atoms with Crippen LogP contribution in [0.5, 0.6) is 5.75 Å². The molecule has 0 amide bonds. The van der Waals surface area contributed by atoms with Gasteiger partial charge in [0.25, 0.3) is 0 Å². The van der Waals surface area contributed by atoms with Gasteiger partial charge in [0.05, 0.1) is 17.5 Å². The molecule has 3 N–H and O–H groups in total. The lowest BCUT2D eigenvalue weighted by molar-refractivity contribution is 0.244. The highest BCUT2D eigenvalue weighted by Crippen LogP contribution is 2.30. The summed E-state index contributed by atoms with van der Waals surface area (Å²) in [5, 5.41) is 3.14. The Balaban J connectivity index is 2.12. The van der Waals surface area contributed by atoms with Crippen molar-refractivity contribution >= 4 is 11.4 Å².